The number of likely N-dealkylation sites (tertiary alicyclic amines) is 1. The quantitative estimate of drug-likeness (QED) is 0.648. The highest BCUT2D eigenvalue weighted by atomic mass is 16.5. The molecule has 4 heteroatoms. The molecule has 2 fully saturated rings. The zero-order valence-corrected chi connectivity index (χ0v) is 8.53. The highest BCUT2D eigenvalue weighted by Gasteiger charge is 2.51. The second-order valence-electron chi connectivity index (χ2n) is 4.41. The van der Waals surface area contributed by atoms with E-state index in [1.165, 1.54) is 20.0 Å². The molecule has 0 radical (unpaired) electrons. The molecule has 0 amide bonds. The van der Waals surface area contributed by atoms with Crippen molar-refractivity contribution in [3.8, 4) is 0 Å². The molecule has 1 aliphatic heterocycles. The molecule has 1 N–H and O–H groups in total. The Morgan fingerprint density at radius 2 is 2.21 bits per heavy atom. The lowest BCUT2D eigenvalue weighted by atomic mass is 9.89. The highest BCUT2D eigenvalue weighted by molar-refractivity contribution is 5.69. The third-order valence-corrected chi connectivity index (χ3v) is 3.19. The number of ether oxygens (including phenoxy) is 1. The van der Waals surface area contributed by atoms with Crippen molar-refractivity contribution in [3.05, 3.63) is 0 Å². The molecule has 1 saturated carbocycles. The summed E-state index contributed by atoms with van der Waals surface area (Å²) in [5, 5.41) is 9.98. The van der Waals surface area contributed by atoms with Crippen molar-refractivity contribution in [2.75, 3.05) is 26.7 Å². The number of esters is 1. The van der Waals surface area contributed by atoms with Crippen LogP contribution in [-0.2, 0) is 9.53 Å². The third kappa shape index (κ3) is 1.91. The van der Waals surface area contributed by atoms with Gasteiger partial charge in [-0.25, -0.2) is 0 Å². The van der Waals surface area contributed by atoms with Gasteiger partial charge in [0.05, 0.1) is 19.1 Å². The van der Waals surface area contributed by atoms with Gasteiger partial charge in [-0.15, -0.1) is 0 Å². The fourth-order valence-electron chi connectivity index (χ4n) is 2.12. The monoisotopic (exact) mass is 199 g/mol. The zero-order valence-electron chi connectivity index (χ0n) is 8.53. The Kier molecular flexibility index (Phi) is 2.49. The minimum absolute atomic E-state index is 0.174. The molecular weight excluding hydrogens is 182 g/mol. The molecule has 0 bridgehead atoms. The molecule has 0 spiro atoms. The van der Waals surface area contributed by atoms with Crippen molar-refractivity contribution in [1.82, 2.24) is 4.90 Å². The average molecular weight is 199 g/mol. The van der Waals surface area contributed by atoms with Crippen LogP contribution in [0.3, 0.4) is 0 Å². The molecule has 1 aliphatic carbocycles. The van der Waals surface area contributed by atoms with Crippen LogP contribution in [0.5, 0.6) is 0 Å². The maximum Gasteiger partial charge on any atom is 0.306 e. The third-order valence-electron chi connectivity index (χ3n) is 3.19. The van der Waals surface area contributed by atoms with Crippen LogP contribution in [-0.4, -0.2) is 48.3 Å². The predicted octanol–water partition coefficient (Wildman–Crippen LogP) is 0.00620. The maximum absolute atomic E-state index is 10.9. The summed E-state index contributed by atoms with van der Waals surface area (Å²) < 4.78 is 4.55. The molecule has 14 heavy (non-hydrogen) atoms. The number of carbonyl (C=O) groups excluding carboxylic acids is 1. The smallest absolute Gasteiger partial charge is 0.306 e. The SMILES string of the molecule is COC(=O)CCN1CC(O)(C2CC2)C1. The molecular formula is C10H17NO3. The Bertz CT molecular complexity index is 232. The Morgan fingerprint density at radius 1 is 1.57 bits per heavy atom. The minimum Gasteiger partial charge on any atom is -0.469 e. The number of methoxy groups -OCH3 is 1. The Labute approximate surface area is 83.8 Å². The second-order valence-corrected chi connectivity index (χ2v) is 4.41. The van der Waals surface area contributed by atoms with Gasteiger partial charge < -0.3 is 9.84 Å². The number of aliphatic hydroxyl groups is 1. The second kappa shape index (κ2) is 3.51. The lowest BCUT2D eigenvalue weighted by molar-refractivity contribution is -0.144. The Balaban J connectivity index is 1.65. The molecule has 0 unspecified atom stereocenters. The lowest BCUT2D eigenvalue weighted by Gasteiger charge is -2.47. The Morgan fingerprint density at radius 3 is 2.71 bits per heavy atom. The van der Waals surface area contributed by atoms with E-state index in [-0.39, 0.29) is 5.97 Å². The van der Waals surface area contributed by atoms with E-state index in [1.807, 2.05) is 0 Å². The summed E-state index contributed by atoms with van der Waals surface area (Å²) >= 11 is 0. The van der Waals surface area contributed by atoms with E-state index in [0.29, 0.717) is 18.9 Å². The molecule has 1 heterocycles. The first-order valence-corrected chi connectivity index (χ1v) is 5.15. The largest absolute Gasteiger partial charge is 0.469 e. The van der Waals surface area contributed by atoms with Gasteiger partial charge in [-0.05, 0) is 18.8 Å². The van der Waals surface area contributed by atoms with Gasteiger partial charge in [-0.2, -0.15) is 0 Å². The summed E-state index contributed by atoms with van der Waals surface area (Å²) in [7, 11) is 1.40. The zero-order chi connectivity index (χ0) is 10.2. The van der Waals surface area contributed by atoms with Gasteiger partial charge in [0.1, 0.15) is 0 Å². The van der Waals surface area contributed by atoms with Gasteiger partial charge in [0.2, 0.25) is 0 Å². The van der Waals surface area contributed by atoms with Crippen LogP contribution in [0.4, 0.5) is 0 Å². The minimum atomic E-state index is -0.434. The van der Waals surface area contributed by atoms with E-state index >= 15 is 0 Å². The van der Waals surface area contributed by atoms with Gasteiger partial charge in [0, 0.05) is 19.6 Å². The number of nitrogens with zero attached hydrogens (tertiary/aromatic N) is 1. The standard InChI is InChI=1S/C10H17NO3/c1-14-9(12)4-5-11-6-10(13,7-11)8-2-3-8/h8,13H,2-7H2,1H3. The first-order valence-electron chi connectivity index (χ1n) is 5.15. The number of β-amino-alcohol motifs (C(OH)–C–C–N with tert-alkyl or cyclic N) is 1. The fraction of sp³-hybridized carbons (Fsp3) is 0.900. The summed E-state index contributed by atoms with van der Waals surface area (Å²) in [5.41, 5.74) is -0.434. The molecule has 2 aliphatic rings. The van der Waals surface area contributed by atoms with Crippen LogP contribution >= 0.6 is 0 Å². The predicted molar refractivity (Wildman–Crippen MR) is 50.7 cm³/mol. The summed E-state index contributed by atoms with van der Waals surface area (Å²) in [4.78, 5) is 13.0. The van der Waals surface area contributed by atoms with Crippen molar-refractivity contribution in [1.29, 1.82) is 0 Å². The van der Waals surface area contributed by atoms with Crippen molar-refractivity contribution in [2.45, 2.75) is 24.9 Å². The van der Waals surface area contributed by atoms with Crippen LogP contribution in [0.2, 0.25) is 0 Å². The van der Waals surface area contributed by atoms with Crippen LogP contribution in [0.15, 0.2) is 0 Å². The van der Waals surface area contributed by atoms with Gasteiger partial charge in [0.15, 0.2) is 0 Å². The molecule has 0 aromatic rings. The van der Waals surface area contributed by atoms with Crippen LogP contribution in [0, 0.1) is 5.92 Å². The molecule has 0 aromatic heterocycles. The normalized spacial score (nSPS) is 25.6. The molecule has 2 rings (SSSR count). The van der Waals surface area contributed by atoms with Gasteiger partial charge in [0.25, 0.3) is 0 Å². The average Bonchev–Trinajstić information content (AvgIpc) is 2.92. The van der Waals surface area contributed by atoms with E-state index in [4.69, 9.17) is 0 Å². The fourth-order valence-corrected chi connectivity index (χ4v) is 2.12. The summed E-state index contributed by atoms with van der Waals surface area (Å²) in [5.74, 6) is 0.351. The van der Waals surface area contributed by atoms with Crippen LogP contribution < -0.4 is 0 Å². The topological polar surface area (TPSA) is 49.8 Å². The van der Waals surface area contributed by atoms with E-state index < -0.39 is 5.60 Å². The van der Waals surface area contributed by atoms with Crippen LogP contribution in [0.1, 0.15) is 19.3 Å². The van der Waals surface area contributed by atoms with Gasteiger partial charge in [-0.3, -0.25) is 9.69 Å². The summed E-state index contributed by atoms with van der Waals surface area (Å²) in [6.07, 6.45) is 2.76. The number of hydrogen-bond acceptors (Lipinski definition) is 4. The van der Waals surface area contributed by atoms with Crippen molar-refractivity contribution < 1.29 is 14.6 Å². The van der Waals surface area contributed by atoms with Gasteiger partial charge >= 0.3 is 5.97 Å². The van der Waals surface area contributed by atoms with Crippen molar-refractivity contribution >= 4 is 5.97 Å². The lowest BCUT2D eigenvalue weighted by Crippen LogP contribution is -2.63. The maximum atomic E-state index is 10.9. The van der Waals surface area contributed by atoms with Crippen molar-refractivity contribution in [2.24, 2.45) is 5.92 Å². The first-order chi connectivity index (χ1) is 6.64. The molecule has 80 valence electrons. The summed E-state index contributed by atoms with van der Waals surface area (Å²) in [6.45, 7) is 2.17. The molecule has 0 aromatic carbocycles. The van der Waals surface area contributed by atoms with E-state index in [2.05, 4.69) is 9.64 Å². The van der Waals surface area contributed by atoms with Gasteiger partial charge in [-0.1, -0.05) is 0 Å². The number of rotatable bonds is 4. The Hall–Kier alpha value is -0.610. The van der Waals surface area contributed by atoms with E-state index in [0.717, 1.165) is 13.1 Å². The highest BCUT2D eigenvalue weighted by Crippen LogP contribution is 2.44. The molecule has 1 saturated heterocycles. The summed E-state index contributed by atoms with van der Waals surface area (Å²) in [6, 6.07) is 0. The molecule has 0 atom stereocenters. The van der Waals surface area contributed by atoms with E-state index in [1.54, 1.807) is 0 Å². The first kappa shape index (κ1) is 9.93. The van der Waals surface area contributed by atoms with E-state index in [9.17, 15) is 9.90 Å². The number of hydrogen-bond donors (Lipinski definition) is 1. The molecule has 4 nitrogen and oxygen atoms in total. The number of carbonyl (C=O) groups is 1. The van der Waals surface area contributed by atoms with Crippen LogP contribution in [0.25, 0.3) is 0 Å². The van der Waals surface area contributed by atoms with Crippen molar-refractivity contribution in [3.63, 3.8) is 0 Å².